The van der Waals surface area contributed by atoms with E-state index in [2.05, 4.69) is 18.7 Å². The lowest BCUT2D eigenvalue weighted by Crippen LogP contribution is -2.43. The zero-order valence-corrected chi connectivity index (χ0v) is 9.83. The van der Waals surface area contributed by atoms with Gasteiger partial charge in [-0.25, -0.2) is 8.42 Å². The molecule has 3 nitrogen and oxygen atoms in total. The lowest BCUT2D eigenvalue weighted by Gasteiger charge is -2.31. The van der Waals surface area contributed by atoms with Crippen molar-refractivity contribution >= 4 is 21.6 Å². The monoisotopic (exact) mass is 223 g/mol. The molecular formula is C8H17NO2S2. The summed E-state index contributed by atoms with van der Waals surface area (Å²) in [4.78, 5) is 2.25. The van der Waals surface area contributed by atoms with Gasteiger partial charge in [0.05, 0.1) is 16.9 Å². The second-order valence-corrected chi connectivity index (χ2v) is 7.14. The van der Waals surface area contributed by atoms with Crippen LogP contribution in [0, 0.1) is 0 Å². The van der Waals surface area contributed by atoms with E-state index in [9.17, 15) is 8.42 Å². The van der Waals surface area contributed by atoms with Crippen molar-refractivity contribution in [1.29, 1.82) is 0 Å². The SMILES string of the molecule is CCSC(C)N1CCS(=O)(=O)CC1. The number of hydrogen-bond donors (Lipinski definition) is 0. The van der Waals surface area contributed by atoms with Crippen molar-refractivity contribution in [3.8, 4) is 0 Å². The number of thioether (sulfide) groups is 1. The molecule has 0 amide bonds. The van der Waals surface area contributed by atoms with Crippen LogP contribution in [0.2, 0.25) is 0 Å². The van der Waals surface area contributed by atoms with Crippen LogP contribution in [0.1, 0.15) is 13.8 Å². The van der Waals surface area contributed by atoms with Gasteiger partial charge in [-0.05, 0) is 12.7 Å². The Morgan fingerprint density at radius 2 is 1.92 bits per heavy atom. The number of hydrogen-bond acceptors (Lipinski definition) is 4. The maximum absolute atomic E-state index is 11.1. The molecule has 0 aliphatic carbocycles. The van der Waals surface area contributed by atoms with Crippen LogP contribution >= 0.6 is 11.8 Å². The van der Waals surface area contributed by atoms with Gasteiger partial charge in [-0.1, -0.05) is 6.92 Å². The minimum Gasteiger partial charge on any atom is -0.290 e. The van der Waals surface area contributed by atoms with E-state index in [1.807, 2.05) is 11.8 Å². The first-order chi connectivity index (χ1) is 6.05. The molecule has 5 heteroatoms. The summed E-state index contributed by atoms with van der Waals surface area (Å²) in [6.45, 7) is 5.68. The first-order valence-electron chi connectivity index (χ1n) is 4.61. The Morgan fingerprint density at radius 1 is 1.38 bits per heavy atom. The van der Waals surface area contributed by atoms with Gasteiger partial charge in [-0.2, -0.15) is 0 Å². The Labute approximate surface area is 84.8 Å². The highest BCUT2D eigenvalue weighted by atomic mass is 32.2. The van der Waals surface area contributed by atoms with Crippen LogP contribution in [0.25, 0.3) is 0 Å². The smallest absolute Gasteiger partial charge is 0.152 e. The molecule has 0 aromatic carbocycles. The molecule has 1 aliphatic heterocycles. The Bertz CT molecular complexity index is 237. The highest BCUT2D eigenvalue weighted by Gasteiger charge is 2.24. The van der Waals surface area contributed by atoms with Crippen LogP contribution in [0.4, 0.5) is 0 Å². The molecule has 0 radical (unpaired) electrons. The summed E-state index contributed by atoms with van der Waals surface area (Å²) in [5.74, 6) is 1.76. The molecule has 1 aliphatic rings. The third kappa shape index (κ3) is 3.48. The highest BCUT2D eigenvalue weighted by molar-refractivity contribution is 7.99. The molecule has 1 heterocycles. The van der Waals surface area contributed by atoms with Crippen molar-refractivity contribution in [3.05, 3.63) is 0 Å². The summed E-state index contributed by atoms with van der Waals surface area (Å²) in [5, 5.41) is 0.459. The molecule has 13 heavy (non-hydrogen) atoms. The van der Waals surface area contributed by atoms with E-state index in [1.54, 1.807) is 0 Å². The molecule has 1 rings (SSSR count). The van der Waals surface area contributed by atoms with Crippen molar-refractivity contribution in [2.45, 2.75) is 19.2 Å². The Hall–Kier alpha value is 0.260. The van der Waals surface area contributed by atoms with E-state index in [1.165, 1.54) is 0 Å². The summed E-state index contributed by atoms with van der Waals surface area (Å²) in [7, 11) is -2.72. The van der Waals surface area contributed by atoms with E-state index >= 15 is 0 Å². The number of nitrogens with zero attached hydrogens (tertiary/aromatic N) is 1. The van der Waals surface area contributed by atoms with Gasteiger partial charge in [-0.3, -0.25) is 4.90 Å². The van der Waals surface area contributed by atoms with Crippen LogP contribution in [0.15, 0.2) is 0 Å². The zero-order valence-electron chi connectivity index (χ0n) is 8.19. The lowest BCUT2D eigenvalue weighted by atomic mass is 10.5. The maximum Gasteiger partial charge on any atom is 0.152 e. The van der Waals surface area contributed by atoms with Gasteiger partial charge >= 0.3 is 0 Å². The largest absolute Gasteiger partial charge is 0.290 e. The summed E-state index contributed by atoms with van der Waals surface area (Å²) in [5.41, 5.74) is 0. The fourth-order valence-electron chi connectivity index (χ4n) is 1.44. The predicted octanol–water partition coefficient (Wildman–Crippen LogP) is 0.816. The van der Waals surface area contributed by atoms with Crippen molar-refractivity contribution in [2.24, 2.45) is 0 Å². The minimum absolute atomic E-state index is 0.335. The van der Waals surface area contributed by atoms with E-state index in [0.29, 0.717) is 30.0 Å². The first kappa shape index (κ1) is 11.3. The molecule has 1 atom stereocenters. The second-order valence-electron chi connectivity index (χ2n) is 3.24. The molecule has 0 saturated carbocycles. The van der Waals surface area contributed by atoms with E-state index < -0.39 is 9.84 Å². The van der Waals surface area contributed by atoms with Gasteiger partial charge in [0.2, 0.25) is 0 Å². The summed E-state index contributed by atoms with van der Waals surface area (Å²) < 4.78 is 22.3. The number of sulfone groups is 1. The quantitative estimate of drug-likeness (QED) is 0.710. The van der Waals surface area contributed by atoms with Gasteiger partial charge in [0, 0.05) is 13.1 Å². The molecular weight excluding hydrogens is 206 g/mol. The van der Waals surface area contributed by atoms with Gasteiger partial charge < -0.3 is 0 Å². The molecule has 0 spiro atoms. The molecule has 1 fully saturated rings. The van der Waals surface area contributed by atoms with Gasteiger partial charge in [0.25, 0.3) is 0 Å². The minimum atomic E-state index is -2.72. The standard InChI is InChI=1S/C8H17NO2S2/c1-3-12-8(2)9-4-6-13(10,11)7-5-9/h8H,3-7H2,1-2H3. The van der Waals surface area contributed by atoms with Gasteiger partial charge in [0.1, 0.15) is 0 Å². The van der Waals surface area contributed by atoms with Crippen molar-refractivity contribution in [1.82, 2.24) is 4.90 Å². The summed E-state index contributed by atoms with van der Waals surface area (Å²) in [6.07, 6.45) is 0. The van der Waals surface area contributed by atoms with Crippen LogP contribution in [0.3, 0.4) is 0 Å². The van der Waals surface area contributed by atoms with Crippen LogP contribution < -0.4 is 0 Å². The Morgan fingerprint density at radius 3 is 2.38 bits per heavy atom. The Balaban J connectivity index is 2.40. The third-order valence-corrected chi connectivity index (χ3v) is 5.02. The fraction of sp³-hybridized carbons (Fsp3) is 1.00. The van der Waals surface area contributed by atoms with Crippen molar-refractivity contribution in [2.75, 3.05) is 30.3 Å². The average molecular weight is 223 g/mol. The normalized spacial score (nSPS) is 25.7. The van der Waals surface area contributed by atoms with E-state index in [-0.39, 0.29) is 0 Å². The van der Waals surface area contributed by atoms with Gasteiger partial charge in [-0.15, -0.1) is 11.8 Å². The van der Waals surface area contributed by atoms with E-state index in [4.69, 9.17) is 0 Å². The first-order valence-corrected chi connectivity index (χ1v) is 7.48. The average Bonchev–Trinajstić information content (AvgIpc) is 2.04. The highest BCUT2D eigenvalue weighted by Crippen LogP contribution is 2.17. The molecule has 78 valence electrons. The molecule has 0 bridgehead atoms. The maximum atomic E-state index is 11.1. The Kier molecular flexibility index (Phi) is 4.06. The predicted molar refractivity (Wildman–Crippen MR) is 57.8 cm³/mol. The third-order valence-electron chi connectivity index (χ3n) is 2.30. The van der Waals surface area contributed by atoms with Crippen LogP contribution in [-0.4, -0.2) is 49.0 Å². The summed E-state index contributed by atoms with van der Waals surface area (Å²) in [6, 6.07) is 0. The van der Waals surface area contributed by atoms with Crippen molar-refractivity contribution < 1.29 is 8.42 Å². The molecule has 0 N–H and O–H groups in total. The molecule has 0 aromatic heterocycles. The molecule has 1 unspecified atom stereocenters. The van der Waals surface area contributed by atoms with Gasteiger partial charge in [0.15, 0.2) is 9.84 Å². The molecule has 0 aromatic rings. The lowest BCUT2D eigenvalue weighted by molar-refractivity contribution is 0.289. The zero-order chi connectivity index (χ0) is 9.90. The summed E-state index contributed by atoms with van der Waals surface area (Å²) >= 11 is 1.87. The van der Waals surface area contributed by atoms with Crippen molar-refractivity contribution in [3.63, 3.8) is 0 Å². The molecule has 1 saturated heterocycles. The topological polar surface area (TPSA) is 37.4 Å². The van der Waals surface area contributed by atoms with E-state index in [0.717, 1.165) is 5.75 Å². The number of rotatable bonds is 3. The fourth-order valence-corrected chi connectivity index (χ4v) is 3.57. The van der Waals surface area contributed by atoms with Crippen LogP contribution in [0.5, 0.6) is 0 Å². The second kappa shape index (κ2) is 4.66. The van der Waals surface area contributed by atoms with Crippen LogP contribution in [-0.2, 0) is 9.84 Å².